The number of hydrogen-bond donors (Lipinski definition) is 0. The summed E-state index contributed by atoms with van der Waals surface area (Å²) < 4.78 is 0. The van der Waals surface area contributed by atoms with Crippen molar-refractivity contribution in [1.82, 2.24) is 0 Å². The van der Waals surface area contributed by atoms with Crippen LogP contribution in [0.1, 0.15) is 47.2 Å². The molecule has 278 valence electrons. The van der Waals surface area contributed by atoms with Gasteiger partial charge in [-0.15, -0.1) is 0 Å². The van der Waals surface area contributed by atoms with E-state index in [9.17, 15) is 0 Å². The molecule has 0 fully saturated rings. The molecule has 9 aromatic rings. The van der Waals surface area contributed by atoms with Crippen LogP contribution in [0.5, 0.6) is 0 Å². The van der Waals surface area contributed by atoms with Crippen molar-refractivity contribution < 1.29 is 0 Å². The van der Waals surface area contributed by atoms with Crippen molar-refractivity contribution in [3.05, 3.63) is 228 Å². The number of hydrogen-bond acceptors (Lipinski definition) is 3. The Hall–Kier alpha value is -6.81. The lowest BCUT2D eigenvalue weighted by molar-refractivity contribution is 0.660. The van der Waals surface area contributed by atoms with Gasteiger partial charge in [-0.05, 0) is 116 Å². The van der Waals surface area contributed by atoms with Gasteiger partial charge in [0.1, 0.15) is 0 Å². The molecule has 0 bridgehead atoms. The van der Waals surface area contributed by atoms with Crippen LogP contribution in [0.3, 0.4) is 0 Å². The fraction of sp³-hybridized carbons (Fsp3) is 0.0714. The summed E-state index contributed by atoms with van der Waals surface area (Å²) in [5.74, 6) is 0. The first-order chi connectivity index (χ1) is 29.0. The van der Waals surface area contributed by atoms with E-state index in [4.69, 9.17) is 0 Å². The predicted octanol–water partition coefficient (Wildman–Crippen LogP) is 15.2. The summed E-state index contributed by atoms with van der Waals surface area (Å²) in [5, 5.41) is 2.45. The van der Waals surface area contributed by atoms with Gasteiger partial charge in [-0.3, -0.25) is 0 Å². The summed E-state index contributed by atoms with van der Waals surface area (Å²) in [7, 11) is 0. The predicted molar refractivity (Wildman–Crippen MR) is 246 cm³/mol. The Labute approximate surface area is 349 Å². The van der Waals surface area contributed by atoms with E-state index in [1.807, 2.05) is 11.8 Å². The van der Waals surface area contributed by atoms with Gasteiger partial charge in [0.05, 0.1) is 28.2 Å². The van der Waals surface area contributed by atoms with Gasteiger partial charge in [0.2, 0.25) is 0 Å². The summed E-state index contributed by atoms with van der Waals surface area (Å²) in [6, 6.07) is 73.1. The van der Waals surface area contributed by atoms with E-state index in [0.29, 0.717) is 0 Å². The van der Waals surface area contributed by atoms with E-state index in [2.05, 4.69) is 218 Å². The van der Waals surface area contributed by atoms with Gasteiger partial charge >= 0.3 is 0 Å². The third-order valence-corrected chi connectivity index (χ3v) is 14.7. The molecule has 3 heteroatoms. The molecule has 13 rings (SSSR count). The first-order valence-corrected chi connectivity index (χ1v) is 21.4. The van der Waals surface area contributed by atoms with Gasteiger partial charge < -0.3 is 9.80 Å². The minimum Gasteiger partial charge on any atom is -0.310 e. The van der Waals surface area contributed by atoms with Crippen molar-refractivity contribution in [2.45, 2.75) is 34.5 Å². The molecule has 0 saturated heterocycles. The van der Waals surface area contributed by atoms with Gasteiger partial charge in [-0.2, -0.15) is 0 Å². The number of rotatable bonds is 3. The summed E-state index contributed by atoms with van der Waals surface area (Å²) >= 11 is 1.89. The Morgan fingerprint density at radius 1 is 0.424 bits per heavy atom. The first kappa shape index (κ1) is 33.2. The fourth-order valence-corrected chi connectivity index (χ4v) is 12.2. The zero-order chi connectivity index (χ0) is 39.0. The van der Waals surface area contributed by atoms with Crippen molar-refractivity contribution in [2.24, 2.45) is 0 Å². The molecule has 0 aromatic heterocycles. The molecule has 0 amide bonds. The molecule has 0 saturated carbocycles. The minimum atomic E-state index is -0.542. The Balaban J connectivity index is 1.10. The Morgan fingerprint density at radius 3 is 1.81 bits per heavy atom. The SMILES string of the molecule is CC1(C)c2ccccc2-c2ccc(N(c3ccc4c(c3)C3(c5ccccc5-4)c4ccccc4N4c5ccccc5Sc5cccc3c54)c3cccc4ccccc34)cc21. The first-order valence-electron chi connectivity index (χ1n) is 20.6. The third kappa shape index (κ3) is 4.28. The zero-order valence-corrected chi connectivity index (χ0v) is 33.6. The number of fused-ring (bicyclic) bond motifs is 15. The molecule has 2 aliphatic carbocycles. The Bertz CT molecular complexity index is 3260. The van der Waals surface area contributed by atoms with Crippen LogP contribution in [-0.2, 0) is 10.8 Å². The number of benzene rings is 9. The topological polar surface area (TPSA) is 6.48 Å². The van der Waals surface area contributed by atoms with Crippen molar-refractivity contribution in [1.29, 1.82) is 0 Å². The van der Waals surface area contributed by atoms with Crippen LogP contribution in [0.4, 0.5) is 34.1 Å². The molecular formula is C56H38N2S. The Morgan fingerprint density at radius 2 is 0.983 bits per heavy atom. The Kier molecular flexibility index (Phi) is 6.68. The highest BCUT2D eigenvalue weighted by atomic mass is 32.2. The maximum Gasteiger partial charge on any atom is 0.0755 e. The van der Waals surface area contributed by atoms with Crippen LogP contribution in [0.15, 0.2) is 204 Å². The van der Waals surface area contributed by atoms with Crippen molar-refractivity contribution in [3.63, 3.8) is 0 Å². The van der Waals surface area contributed by atoms with Crippen LogP contribution in [0, 0.1) is 0 Å². The lowest BCUT2D eigenvalue weighted by atomic mass is 9.64. The summed E-state index contributed by atoms with van der Waals surface area (Å²) in [4.78, 5) is 7.63. The van der Waals surface area contributed by atoms with E-state index in [1.54, 1.807) is 0 Å². The lowest BCUT2D eigenvalue weighted by Crippen LogP contribution is -2.37. The highest BCUT2D eigenvalue weighted by molar-refractivity contribution is 7.99. The lowest BCUT2D eigenvalue weighted by Gasteiger charge is -2.47. The second-order valence-corrected chi connectivity index (χ2v) is 17.9. The van der Waals surface area contributed by atoms with Crippen molar-refractivity contribution >= 4 is 56.7 Å². The van der Waals surface area contributed by atoms with E-state index >= 15 is 0 Å². The van der Waals surface area contributed by atoms with Crippen LogP contribution in [0.25, 0.3) is 33.0 Å². The van der Waals surface area contributed by atoms with Gasteiger partial charge in [0.25, 0.3) is 0 Å². The normalized spacial score (nSPS) is 16.7. The second-order valence-electron chi connectivity index (χ2n) is 16.8. The average molecular weight is 771 g/mol. The summed E-state index contributed by atoms with van der Waals surface area (Å²) in [6.07, 6.45) is 0. The van der Waals surface area contributed by atoms with Gasteiger partial charge in [-0.25, -0.2) is 0 Å². The average Bonchev–Trinajstić information content (AvgIpc) is 3.70. The fourth-order valence-electron chi connectivity index (χ4n) is 11.1. The van der Waals surface area contributed by atoms with Gasteiger partial charge in [0.15, 0.2) is 0 Å². The molecule has 1 unspecified atom stereocenters. The highest BCUT2D eigenvalue weighted by Gasteiger charge is 2.53. The van der Waals surface area contributed by atoms with Crippen molar-refractivity contribution in [3.8, 4) is 22.3 Å². The van der Waals surface area contributed by atoms with Crippen LogP contribution in [0.2, 0.25) is 0 Å². The largest absolute Gasteiger partial charge is 0.310 e. The molecule has 2 nitrogen and oxygen atoms in total. The van der Waals surface area contributed by atoms with Gasteiger partial charge in [-0.1, -0.05) is 165 Å². The second kappa shape index (κ2) is 11.9. The molecular weight excluding hydrogens is 733 g/mol. The van der Waals surface area contributed by atoms with Gasteiger partial charge in [0, 0.05) is 32.0 Å². The summed E-state index contributed by atoms with van der Waals surface area (Å²) in [6.45, 7) is 4.75. The van der Waals surface area contributed by atoms with E-state index in [1.165, 1.54) is 98.9 Å². The van der Waals surface area contributed by atoms with Crippen molar-refractivity contribution in [2.75, 3.05) is 9.80 Å². The zero-order valence-electron chi connectivity index (χ0n) is 32.8. The molecule has 1 atom stereocenters. The quantitative estimate of drug-likeness (QED) is 0.177. The molecule has 4 aliphatic rings. The summed E-state index contributed by atoms with van der Waals surface area (Å²) in [5.41, 5.74) is 19.9. The highest BCUT2D eigenvalue weighted by Crippen LogP contribution is 2.67. The molecule has 0 N–H and O–H groups in total. The molecule has 0 radical (unpaired) electrons. The maximum absolute atomic E-state index is 2.54. The standard InChI is InChI=1S/C56H38N2S/c1-55(2)43-20-7-5-18-39(43)41-31-29-36(33-47(41)55)57(49-26-13-16-35-15-3-4-17-38(35)49)37-30-32-42-40-19-6-8-21-44(40)56(48(42)34-37)45-22-9-10-24-50(45)58-51-25-11-12-27-52(51)59-53-28-14-23-46(56)54(53)58/h3-34H,1-2H3. The molecule has 9 aromatic carbocycles. The maximum atomic E-state index is 2.54. The smallest absolute Gasteiger partial charge is 0.0755 e. The van der Waals surface area contributed by atoms with E-state index in [-0.39, 0.29) is 5.41 Å². The van der Waals surface area contributed by atoms with E-state index < -0.39 is 5.41 Å². The van der Waals surface area contributed by atoms with E-state index in [0.717, 1.165) is 11.4 Å². The monoisotopic (exact) mass is 770 g/mol. The number of para-hydroxylation sites is 3. The number of anilines is 6. The molecule has 59 heavy (non-hydrogen) atoms. The third-order valence-electron chi connectivity index (χ3n) is 13.6. The molecule has 2 aliphatic heterocycles. The van der Waals surface area contributed by atoms with Crippen LogP contribution < -0.4 is 9.80 Å². The molecule has 1 spiro atoms. The molecule has 2 heterocycles. The number of nitrogens with zero attached hydrogens (tertiary/aromatic N) is 2. The minimum absolute atomic E-state index is 0.128. The van der Waals surface area contributed by atoms with Crippen LogP contribution in [-0.4, -0.2) is 0 Å². The van der Waals surface area contributed by atoms with Crippen LogP contribution >= 0.6 is 11.8 Å².